The number of hydrogen-bond donors (Lipinski definition) is 2. The largest absolute Gasteiger partial charge is 0.464 e. The summed E-state index contributed by atoms with van der Waals surface area (Å²) in [4.78, 5) is 24.7. The minimum Gasteiger partial charge on any atom is -0.464 e. The maximum absolute atomic E-state index is 12.4. The molecule has 2 rings (SSSR count). The van der Waals surface area contributed by atoms with E-state index in [9.17, 15) is 9.59 Å². The molecule has 0 bridgehead atoms. The summed E-state index contributed by atoms with van der Waals surface area (Å²) in [5.41, 5.74) is 7.99. The molecule has 0 aliphatic heterocycles. The Hall–Kier alpha value is -1.70. The number of fused-ring (bicyclic) bond motifs is 1. The quantitative estimate of drug-likeness (QED) is 0.616. The van der Waals surface area contributed by atoms with Crippen LogP contribution in [-0.4, -0.2) is 47.1 Å². The van der Waals surface area contributed by atoms with Crippen molar-refractivity contribution in [1.29, 1.82) is 0 Å². The van der Waals surface area contributed by atoms with Gasteiger partial charge < -0.3 is 20.4 Å². The van der Waals surface area contributed by atoms with Gasteiger partial charge in [0.25, 0.3) is 0 Å². The Morgan fingerprint density at radius 2 is 2.04 bits per heavy atom. The van der Waals surface area contributed by atoms with Crippen molar-refractivity contribution in [2.75, 3.05) is 18.6 Å². The molecule has 2 aromatic rings. The van der Waals surface area contributed by atoms with E-state index < -0.39 is 18.1 Å². The molecule has 150 valence electrons. The van der Waals surface area contributed by atoms with Gasteiger partial charge in [0.1, 0.15) is 6.04 Å². The smallest absolute Gasteiger partial charge is 0.328 e. The first kappa shape index (κ1) is 23.3. The summed E-state index contributed by atoms with van der Waals surface area (Å²) in [5.74, 6) is 0.0327. The number of aryl methyl sites for hydroxylation is 1. The van der Waals surface area contributed by atoms with Gasteiger partial charge in [0.05, 0.1) is 12.6 Å². The number of benzene rings is 1. The number of esters is 1. The fourth-order valence-electron chi connectivity index (χ4n) is 2.90. The van der Waals surface area contributed by atoms with Gasteiger partial charge in [-0.15, -0.1) is 12.4 Å². The van der Waals surface area contributed by atoms with E-state index in [1.54, 1.807) is 18.7 Å². The van der Waals surface area contributed by atoms with Crippen molar-refractivity contribution in [3.63, 3.8) is 0 Å². The lowest BCUT2D eigenvalue weighted by molar-refractivity contribution is -0.147. The SMILES string of the molecule is CCOC(=O)[C@@H](Cc1cn(C)c2ccccc12)NC(=O)[C@@H](N)CCSC.Cl. The predicted octanol–water partition coefficient (Wildman–Crippen LogP) is 2.27. The number of amides is 1. The van der Waals surface area contributed by atoms with Gasteiger partial charge in [0, 0.05) is 30.6 Å². The monoisotopic (exact) mass is 413 g/mol. The summed E-state index contributed by atoms with van der Waals surface area (Å²) in [6.07, 6.45) is 4.88. The Bertz CT molecular complexity index is 766. The zero-order valence-electron chi connectivity index (χ0n) is 15.9. The second-order valence-electron chi connectivity index (χ2n) is 6.19. The van der Waals surface area contributed by atoms with Gasteiger partial charge in [0.15, 0.2) is 0 Å². The first-order valence-electron chi connectivity index (χ1n) is 8.72. The van der Waals surface area contributed by atoms with E-state index in [1.807, 2.05) is 48.3 Å². The average molecular weight is 414 g/mol. The summed E-state index contributed by atoms with van der Waals surface area (Å²) in [6, 6.07) is 6.58. The van der Waals surface area contributed by atoms with Crippen molar-refractivity contribution in [2.45, 2.75) is 31.8 Å². The summed E-state index contributed by atoms with van der Waals surface area (Å²) >= 11 is 1.63. The van der Waals surface area contributed by atoms with Crippen molar-refractivity contribution in [3.05, 3.63) is 36.0 Å². The first-order chi connectivity index (χ1) is 12.5. The van der Waals surface area contributed by atoms with Gasteiger partial charge in [-0.3, -0.25) is 4.79 Å². The van der Waals surface area contributed by atoms with E-state index in [1.165, 1.54) is 0 Å². The molecule has 0 radical (unpaired) electrons. The number of nitrogens with zero attached hydrogens (tertiary/aromatic N) is 1. The highest BCUT2D eigenvalue weighted by atomic mass is 35.5. The van der Waals surface area contributed by atoms with Crippen molar-refractivity contribution in [2.24, 2.45) is 12.8 Å². The lowest BCUT2D eigenvalue weighted by Gasteiger charge is -2.19. The summed E-state index contributed by atoms with van der Waals surface area (Å²) < 4.78 is 7.16. The van der Waals surface area contributed by atoms with E-state index in [-0.39, 0.29) is 24.9 Å². The first-order valence-corrected chi connectivity index (χ1v) is 10.1. The van der Waals surface area contributed by atoms with E-state index >= 15 is 0 Å². The van der Waals surface area contributed by atoms with Gasteiger partial charge in [-0.25, -0.2) is 4.79 Å². The summed E-state index contributed by atoms with van der Waals surface area (Å²) in [7, 11) is 1.96. The third-order valence-electron chi connectivity index (χ3n) is 4.26. The molecule has 6 nitrogen and oxygen atoms in total. The van der Waals surface area contributed by atoms with Gasteiger partial charge >= 0.3 is 5.97 Å². The molecule has 27 heavy (non-hydrogen) atoms. The number of carbonyl (C=O) groups is 2. The van der Waals surface area contributed by atoms with Crippen LogP contribution in [0.25, 0.3) is 10.9 Å². The van der Waals surface area contributed by atoms with Crippen LogP contribution in [0.3, 0.4) is 0 Å². The molecule has 0 aliphatic rings. The minimum atomic E-state index is -0.756. The number of carbonyl (C=O) groups excluding carboxylic acids is 2. The molecule has 0 saturated heterocycles. The lowest BCUT2D eigenvalue weighted by atomic mass is 10.0. The highest BCUT2D eigenvalue weighted by Gasteiger charge is 2.26. The highest BCUT2D eigenvalue weighted by molar-refractivity contribution is 7.98. The van der Waals surface area contributed by atoms with Crippen molar-refractivity contribution >= 4 is 46.9 Å². The van der Waals surface area contributed by atoms with Crippen LogP contribution in [0, 0.1) is 0 Å². The number of rotatable bonds is 9. The number of thioether (sulfide) groups is 1. The molecule has 2 atom stereocenters. The molecule has 0 saturated carbocycles. The molecular weight excluding hydrogens is 386 g/mol. The van der Waals surface area contributed by atoms with Crippen LogP contribution < -0.4 is 11.1 Å². The molecule has 1 aromatic heterocycles. The highest BCUT2D eigenvalue weighted by Crippen LogP contribution is 2.22. The number of hydrogen-bond acceptors (Lipinski definition) is 5. The zero-order valence-corrected chi connectivity index (χ0v) is 17.6. The number of nitrogens with one attached hydrogen (secondary N) is 1. The van der Waals surface area contributed by atoms with Crippen molar-refractivity contribution in [1.82, 2.24) is 9.88 Å². The van der Waals surface area contributed by atoms with Crippen LogP contribution in [0.2, 0.25) is 0 Å². The summed E-state index contributed by atoms with van der Waals surface area (Å²) in [6.45, 7) is 2.01. The molecule has 0 spiro atoms. The second-order valence-corrected chi connectivity index (χ2v) is 7.17. The maximum Gasteiger partial charge on any atom is 0.328 e. The molecule has 1 amide bonds. The zero-order chi connectivity index (χ0) is 19.1. The molecule has 8 heteroatoms. The van der Waals surface area contributed by atoms with Crippen LogP contribution >= 0.6 is 24.2 Å². The van der Waals surface area contributed by atoms with Gasteiger partial charge in [-0.2, -0.15) is 11.8 Å². The van der Waals surface area contributed by atoms with Gasteiger partial charge in [0.2, 0.25) is 5.91 Å². The van der Waals surface area contributed by atoms with Crippen molar-refractivity contribution in [3.8, 4) is 0 Å². The number of aromatic nitrogens is 1. The van der Waals surface area contributed by atoms with Gasteiger partial charge in [-0.1, -0.05) is 18.2 Å². The molecule has 3 N–H and O–H groups in total. The average Bonchev–Trinajstić information content (AvgIpc) is 2.95. The Morgan fingerprint density at radius 3 is 2.70 bits per heavy atom. The molecule has 0 fully saturated rings. The Balaban J connectivity index is 0.00000364. The van der Waals surface area contributed by atoms with Crippen LogP contribution in [0.1, 0.15) is 18.9 Å². The van der Waals surface area contributed by atoms with Crippen LogP contribution in [0.15, 0.2) is 30.5 Å². The number of para-hydroxylation sites is 1. The van der Waals surface area contributed by atoms with Crippen molar-refractivity contribution < 1.29 is 14.3 Å². The molecule has 1 heterocycles. The predicted molar refractivity (Wildman–Crippen MR) is 113 cm³/mol. The van der Waals surface area contributed by atoms with E-state index in [0.717, 1.165) is 22.2 Å². The number of nitrogens with two attached hydrogens (primary N) is 1. The number of halogens is 1. The third-order valence-corrected chi connectivity index (χ3v) is 4.90. The normalized spacial score (nSPS) is 12.9. The van der Waals surface area contributed by atoms with Crippen LogP contribution in [0.4, 0.5) is 0 Å². The van der Waals surface area contributed by atoms with E-state index in [4.69, 9.17) is 10.5 Å². The van der Waals surface area contributed by atoms with Gasteiger partial charge in [-0.05, 0) is 37.0 Å². The maximum atomic E-state index is 12.4. The fourth-order valence-corrected chi connectivity index (χ4v) is 3.39. The minimum absolute atomic E-state index is 0. The Morgan fingerprint density at radius 1 is 1.33 bits per heavy atom. The van der Waals surface area contributed by atoms with Crippen LogP contribution in [-0.2, 0) is 27.8 Å². The van der Waals surface area contributed by atoms with E-state index in [0.29, 0.717) is 12.8 Å². The second kappa shape index (κ2) is 11.2. The van der Waals surface area contributed by atoms with E-state index in [2.05, 4.69) is 5.32 Å². The topological polar surface area (TPSA) is 86.3 Å². The van der Waals surface area contributed by atoms with Crippen LogP contribution in [0.5, 0.6) is 0 Å². The molecular formula is C19H28ClN3O3S. The lowest BCUT2D eigenvalue weighted by Crippen LogP contribution is -2.50. The summed E-state index contributed by atoms with van der Waals surface area (Å²) in [5, 5.41) is 3.84. The standard InChI is InChI=1S/C19H27N3O3S.ClH/c1-4-25-19(24)16(21-18(23)15(20)9-10-26-3)11-13-12-22(2)17-8-6-5-7-14(13)17;/h5-8,12,15-16H,4,9-11,20H2,1-3H3,(H,21,23);1H/t15-,16+;/m0./s1. The molecule has 0 aliphatic carbocycles. The molecule has 0 unspecified atom stereocenters. The molecule has 1 aromatic carbocycles. The number of ether oxygens (including phenoxy) is 1. The fraction of sp³-hybridized carbons (Fsp3) is 0.474. The Labute approximate surface area is 170 Å². The third kappa shape index (κ3) is 6.16. The Kier molecular flexibility index (Phi) is 9.69.